The fourth-order valence-electron chi connectivity index (χ4n) is 3.39. The van der Waals surface area contributed by atoms with Gasteiger partial charge in [0.15, 0.2) is 0 Å². The van der Waals surface area contributed by atoms with Crippen molar-refractivity contribution >= 4 is 22.5 Å². The Labute approximate surface area is 142 Å². The maximum Gasteiger partial charge on any atom is 0.222 e. The smallest absolute Gasteiger partial charge is 0.222 e. The van der Waals surface area contributed by atoms with Crippen molar-refractivity contribution in [2.24, 2.45) is 4.99 Å². The number of fused-ring (bicyclic) bond motifs is 2. The molecular formula is C21H22N2O. The van der Waals surface area contributed by atoms with E-state index < -0.39 is 0 Å². The highest BCUT2D eigenvalue weighted by Crippen LogP contribution is 2.37. The van der Waals surface area contributed by atoms with Gasteiger partial charge in [0.25, 0.3) is 0 Å². The molecule has 2 heterocycles. The summed E-state index contributed by atoms with van der Waals surface area (Å²) >= 11 is 0. The number of benzene rings is 2. The van der Waals surface area contributed by atoms with Crippen LogP contribution in [-0.2, 0) is 4.74 Å². The molecule has 0 amide bonds. The van der Waals surface area contributed by atoms with Crippen molar-refractivity contribution in [2.75, 3.05) is 0 Å². The number of aromatic nitrogens is 1. The Hall–Kier alpha value is -2.55. The van der Waals surface area contributed by atoms with E-state index in [-0.39, 0.29) is 6.10 Å². The van der Waals surface area contributed by atoms with Gasteiger partial charge < -0.3 is 9.72 Å². The number of rotatable bonds is 5. The lowest BCUT2D eigenvalue weighted by Gasteiger charge is -2.26. The molecule has 0 saturated carbocycles. The van der Waals surface area contributed by atoms with E-state index in [1.165, 1.54) is 24.8 Å². The SMILES string of the molecule is CCCCCC1OC(c2cccc3[nH]ccc23)=Nc2ccccc21. The number of nitrogens with zero attached hydrogens (tertiary/aromatic N) is 1. The lowest BCUT2D eigenvalue weighted by Crippen LogP contribution is -2.17. The molecule has 0 aliphatic carbocycles. The zero-order valence-electron chi connectivity index (χ0n) is 14.0. The van der Waals surface area contributed by atoms with Crippen molar-refractivity contribution in [3.63, 3.8) is 0 Å². The molecule has 3 aromatic rings. The molecule has 1 N–H and O–H groups in total. The lowest BCUT2D eigenvalue weighted by atomic mass is 9.99. The summed E-state index contributed by atoms with van der Waals surface area (Å²) in [5, 5.41) is 1.16. The third-order valence-corrected chi connectivity index (χ3v) is 4.65. The van der Waals surface area contributed by atoms with E-state index in [4.69, 9.17) is 9.73 Å². The van der Waals surface area contributed by atoms with Crippen molar-refractivity contribution < 1.29 is 4.74 Å². The maximum atomic E-state index is 6.36. The number of hydrogen-bond acceptors (Lipinski definition) is 2. The van der Waals surface area contributed by atoms with Gasteiger partial charge in [0.05, 0.1) is 5.69 Å². The number of nitrogens with one attached hydrogen (secondary N) is 1. The minimum Gasteiger partial charge on any atom is -0.469 e. The molecule has 3 nitrogen and oxygen atoms in total. The summed E-state index contributed by atoms with van der Waals surface area (Å²) in [6.45, 7) is 2.23. The van der Waals surface area contributed by atoms with Gasteiger partial charge in [0, 0.05) is 28.2 Å². The van der Waals surface area contributed by atoms with Crippen LogP contribution in [0, 0.1) is 0 Å². The Morgan fingerprint density at radius 1 is 1.04 bits per heavy atom. The van der Waals surface area contributed by atoms with Crippen LogP contribution in [0.5, 0.6) is 0 Å². The molecule has 0 saturated heterocycles. The van der Waals surface area contributed by atoms with Crippen LogP contribution >= 0.6 is 0 Å². The van der Waals surface area contributed by atoms with Gasteiger partial charge in [-0.05, 0) is 37.1 Å². The van der Waals surface area contributed by atoms with Crippen molar-refractivity contribution in [1.82, 2.24) is 4.98 Å². The van der Waals surface area contributed by atoms with Crippen molar-refractivity contribution in [3.05, 3.63) is 65.9 Å². The lowest BCUT2D eigenvalue weighted by molar-refractivity contribution is 0.174. The normalized spacial score (nSPS) is 16.5. The Kier molecular flexibility index (Phi) is 4.08. The van der Waals surface area contributed by atoms with Gasteiger partial charge in [-0.2, -0.15) is 0 Å². The minimum atomic E-state index is 0.0921. The molecule has 0 fully saturated rings. The molecule has 1 aromatic heterocycles. The van der Waals surface area contributed by atoms with Crippen LogP contribution in [0.15, 0.2) is 59.7 Å². The number of aromatic amines is 1. The monoisotopic (exact) mass is 318 g/mol. The molecule has 3 heteroatoms. The average molecular weight is 318 g/mol. The number of hydrogen-bond donors (Lipinski definition) is 1. The predicted molar refractivity (Wildman–Crippen MR) is 98.9 cm³/mol. The molecule has 0 radical (unpaired) electrons. The highest BCUT2D eigenvalue weighted by Gasteiger charge is 2.25. The van der Waals surface area contributed by atoms with Gasteiger partial charge in [-0.15, -0.1) is 0 Å². The molecule has 1 unspecified atom stereocenters. The minimum absolute atomic E-state index is 0.0921. The van der Waals surface area contributed by atoms with E-state index in [0.29, 0.717) is 0 Å². The van der Waals surface area contributed by atoms with Gasteiger partial charge in [-0.1, -0.05) is 44.0 Å². The van der Waals surface area contributed by atoms with Crippen LogP contribution in [-0.4, -0.2) is 10.9 Å². The molecule has 0 spiro atoms. The van der Waals surface area contributed by atoms with E-state index in [1.807, 2.05) is 18.3 Å². The van der Waals surface area contributed by atoms with E-state index >= 15 is 0 Å². The predicted octanol–water partition coefficient (Wildman–Crippen LogP) is 5.90. The van der Waals surface area contributed by atoms with E-state index in [2.05, 4.69) is 48.3 Å². The maximum absolute atomic E-state index is 6.36. The quantitative estimate of drug-likeness (QED) is 0.584. The number of unbranched alkanes of at least 4 members (excludes halogenated alkanes) is 2. The van der Waals surface area contributed by atoms with Crippen LogP contribution in [0.1, 0.15) is 49.8 Å². The van der Waals surface area contributed by atoms with E-state index in [1.54, 1.807) is 0 Å². The second kappa shape index (κ2) is 6.52. The molecule has 1 aliphatic heterocycles. The number of H-pyrrole nitrogens is 1. The third-order valence-electron chi connectivity index (χ3n) is 4.65. The first-order valence-corrected chi connectivity index (χ1v) is 8.77. The highest BCUT2D eigenvalue weighted by molar-refractivity contribution is 6.07. The molecule has 4 rings (SSSR count). The van der Waals surface area contributed by atoms with Crippen LogP contribution in [0.25, 0.3) is 10.9 Å². The highest BCUT2D eigenvalue weighted by atomic mass is 16.5. The van der Waals surface area contributed by atoms with Crippen molar-refractivity contribution in [3.8, 4) is 0 Å². The Morgan fingerprint density at radius 3 is 2.88 bits per heavy atom. The summed E-state index contributed by atoms with van der Waals surface area (Å²) in [6, 6.07) is 16.6. The fraction of sp³-hybridized carbons (Fsp3) is 0.286. The van der Waals surface area contributed by atoms with Crippen LogP contribution in [0.2, 0.25) is 0 Å². The summed E-state index contributed by atoms with van der Waals surface area (Å²) in [4.78, 5) is 8.07. The van der Waals surface area contributed by atoms with E-state index in [9.17, 15) is 0 Å². The molecule has 0 bridgehead atoms. The second-order valence-electron chi connectivity index (χ2n) is 6.32. The molecule has 24 heavy (non-hydrogen) atoms. The average Bonchev–Trinajstić information content (AvgIpc) is 3.10. The third kappa shape index (κ3) is 2.71. The standard InChI is InChI=1S/C21H22N2O/c1-2-3-4-12-20-17-8-5-6-10-19(17)23-21(24-20)16-9-7-11-18-15(16)13-14-22-18/h5-11,13-14,20,22H,2-4,12H2,1H3. The first kappa shape index (κ1) is 15.0. The van der Waals surface area contributed by atoms with Crippen LogP contribution in [0.4, 0.5) is 5.69 Å². The number of aliphatic imine (C=N–C) groups is 1. The molecule has 1 atom stereocenters. The van der Waals surface area contributed by atoms with Gasteiger partial charge in [-0.3, -0.25) is 0 Å². The van der Waals surface area contributed by atoms with Gasteiger partial charge in [-0.25, -0.2) is 4.99 Å². The summed E-state index contributed by atoms with van der Waals surface area (Å²) in [5.74, 6) is 0.736. The molecular weight excluding hydrogens is 296 g/mol. The zero-order chi connectivity index (χ0) is 16.4. The summed E-state index contributed by atoms with van der Waals surface area (Å²) in [6.07, 6.45) is 6.73. The summed E-state index contributed by atoms with van der Waals surface area (Å²) in [7, 11) is 0. The molecule has 2 aromatic carbocycles. The van der Waals surface area contributed by atoms with Crippen LogP contribution in [0.3, 0.4) is 0 Å². The summed E-state index contributed by atoms with van der Waals surface area (Å²) in [5.41, 5.74) is 4.41. The van der Waals surface area contributed by atoms with E-state index in [0.717, 1.165) is 34.5 Å². The first-order chi connectivity index (χ1) is 11.9. The van der Waals surface area contributed by atoms with Gasteiger partial charge in [0.1, 0.15) is 6.10 Å². The largest absolute Gasteiger partial charge is 0.469 e. The summed E-state index contributed by atoms with van der Waals surface area (Å²) < 4.78 is 6.36. The fourth-order valence-corrected chi connectivity index (χ4v) is 3.39. The van der Waals surface area contributed by atoms with Crippen molar-refractivity contribution in [1.29, 1.82) is 0 Å². The molecule has 122 valence electrons. The van der Waals surface area contributed by atoms with Gasteiger partial charge in [0.2, 0.25) is 5.90 Å². The zero-order valence-corrected chi connectivity index (χ0v) is 14.0. The number of para-hydroxylation sites is 1. The Morgan fingerprint density at radius 2 is 1.96 bits per heavy atom. The Bertz CT molecular complexity index is 878. The van der Waals surface area contributed by atoms with Gasteiger partial charge >= 0.3 is 0 Å². The molecule has 1 aliphatic rings. The second-order valence-corrected chi connectivity index (χ2v) is 6.32. The van der Waals surface area contributed by atoms with Crippen molar-refractivity contribution in [2.45, 2.75) is 38.7 Å². The first-order valence-electron chi connectivity index (χ1n) is 8.77. The topological polar surface area (TPSA) is 37.4 Å². The number of ether oxygens (including phenoxy) is 1. The van der Waals surface area contributed by atoms with Crippen LogP contribution < -0.4 is 0 Å². The Balaban J connectivity index is 1.74.